The molecule has 0 amide bonds. The van der Waals surface area contributed by atoms with E-state index in [1.807, 2.05) is 6.07 Å². The Balaban J connectivity index is 2.41. The maximum atomic E-state index is 4.73. The second-order valence-electron chi connectivity index (χ2n) is 4.17. The minimum Gasteiger partial charge on any atom is -0.166 e. The van der Waals surface area contributed by atoms with Crippen LogP contribution in [-0.2, 0) is 0 Å². The van der Waals surface area contributed by atoms with Crippen LogP contribution in [0.5, 0.6) is 0 Å². The molecule has 16 heavy (non-hydrogen) atoms. The van der Waals surface area contributed by atoms with Crippen molar-refractivity contribution in [1.29, 1.82) is 0 Å². The van der Waals surface area contributed by atoms with Crippen molar-refractivity contribution >= 4 is 12.6 Å². The lowest BCUT2D eigenvalue weighted by Crippen LogP contribution is -1.96. The van der Waals surface area contributed by atoms with Gasteiger partial charge in [0.1, 0.15) is 0 Å². The summed E-state index contributed by atoms with van der Waals surface area (Å²) in [5.74, 6) is 0. The number of thiol groups is 1. The number of aryl methyl sites for hydroxylation is 2. The summed E-state index contributed by atoms with van der Waals surface area (Å²) in [5, 5.41) is 0.168. The molecule has 1 heteroatoms. The van der Waals surface area contributed by atoms with E-state index in [0.29, 0.717) is 0 Å². The zero-order valence-electron chi connectivity index (χ0n) is 9.64. The molecule has 1 atom stereocenters. The highest BCUT2D eigenvalue weighted by molar-refractivity contribution is 7.80. The highest BCUT2D eigenvalue weighted by Crippen LogP contribution is 2.30. The minimum absolute atomic E-state index is 0.168. The standard InChI is InChI=1S/C15H16S/c1-11-8-9-12(2)14(10-11)15(16)13-6-4-3-5-7-13/h3-10,15-16H,1-2H3. The topological polar surface area (TPSA) is 0 Å². The van der Waals surface area contributed by atoms with Crippen LogP contribution in [0, 0.1) is 13.8 Å². The fourth-order valence-corrected chi connectivity index (χ4v) is 2.32. The molecular weight excluding hydrogens is 212 g/mol. The van der Waals surface area contributed by atoms with E-state index >= 15 is 0 Å². The van der Waals surface area contributed by atoms with Crippen LogP contribution in [0.25, 0.3) is 0 Å². The fraction of sp³-hybridized carbons (Fsp3) is 0.200. The Morgan fingerprint density at radius 3 is 2.31 bits per heavy atom. The van der Waals surface area contributed by atoms with Gasteiger partial charge in [0.25, 0.3) is 0 Å². The summed E-state index contributed by atoms with van der Waals surface area (Å²) in [7, 11) is 0. The lowest BCUT2D eigenvalue weighted by Gasteiger charge is -2.15. The highest BCUT2D eigenvalue weighted by Gasteiger charge is 2.11. The van der Waals surface area contributed by atoms with Crippen molar-refractivity contribution in [1.82, 2.24) is 0 Å². The first-order chi connectivity index (χ1) is 7.68. The van der Waals surface area contributed by atoms with Gasteiger partial charge in [-0.2, -0.15) is 12.6 Å². The molecule has 0 fully saturated rings. The lowest BCUT2D eigenvalue weighted by molar-refractivity contribution is 1.12. The zero-order valence-corrected chi connectivity index (χ0v) is 10.5. The number of benzene rings is 2. The molecule has 0 bridgehead atoms. The van der Waals surface area contributed by atoms with Crippen molar-refractivity contribution in [3.05, 3.63) is 70.8 Å². The van der Waals surface area contributed by atoms with Crippen molar-refractivity contribution in [3.8, 4) is 0 Å². The average Bonchev–Trinajstić information content (AvgIpc) is 2.32. The third-order valence-corrected chi connectivity index (χ3v) is 3.42. The van der Waals surface area contributed by atoms with E-state index in [4.69, 9.17) is 12.6 Å². The van der Waals surface area contributed by atoms with Crippen LogP contribution in [-0.4, -0.2) is 0 Å². The van der Waals surface area contributed by atoms with E-state index in [0.717, 1.165) is 0 Å². The molecular formula is C15H16S. The number of hydrogen-bond donors (Lipinski definition) is 1. The Morgan fingerprint density at radius 2 is 1.62 bits per heavy atom. The van der Waals surface area contributed by atoms with E-state index in [2.05, 4.69) is 56.3 Å². The first kappa shape index (κ1) is 11.3. The van der Waals surface area contributed by atoms with Crippen LogP contribution in [0.15, 0.2) is 48.5 Å². The van der Waals surface area contributed by atoms with Crippen molar-refractivity contribution in [3.63, 3.8) is 0 Å². The van der Waals surface area contributed by atoms with Crippen LogP contribution in [0.1, 0.15) is 27.5 Å². The zero-order chi connectivity index (χ0) is 11.5. The molecule has 0 nitrogen and oxygen atoms in total. The van der Waals surface area contributed by atoms with Gasteiger partial charge in [-0.3, -0.25) is 0 Å². The second kappa shape index (κ2) is 4.75. The number of rotatable bonds is 2. The van der Waals surface area contributed by atoms with Crippen LogP contribution in [0.2, 0.25) is 0 Å². The summed E-state index contributed by atoms with van der Waals surface area (Å²) < 4.78 is 0. The predicted molar refractivity (Wildman–Crippen MR) is 73.2 cm³/mol. The quantitative estimate of drug-likeness (QED) is 0.727. The molecule has 0 spiro atoms. The lowest BCUT2D eigenvalue weighted by atomic mass is 9.98. The molecule has 82 valence electrons. The van der Waals surface area contributed by atoms with Gasteiger partial charge >= 0.3 is 0 Å². The summed E-state index contributed by atoms with van der Waals surface area (Å²) in [4.78, 5) is 0. The Labute approximate surface area is 103 Å². The third kappa shape index (κ3) is 2.30. The van der Waals surface area contributed by atoms with E-state index in [9.17, 15) is 0 Å². The van der Waals surface area contributed by atoms with Gasteiger partial charge in [0, 0.05) is 0 Å². The predicted octanol–water partition coefficient (Wildman–Crippen LogP) is 4.32. The molecule has 0 aliphatic rings. The molecule has 2 rings (SSSR count). The summed E-state index contributed by atoms with van der Waals surface area (Å²) in [5.41, 5.74) is 5.14. The summed E-state index contributed by atoms with van der Waals surface area (Å²) >= 11 is 4.73. The van der Waals surface area contributed by atoms with Crippen LogP contribution < -0.4 is 0 Å². The molecule has 0 aliphatic carbocycles. The van der Waals surface area contributed by atoms with Crippen molar-refractivity contribution in [2.24, 2.45) is 0 Å². The van der Waals surface area contributed by atoms with E-state index in [1.165, 1.54) is 22.3 Å². The molecule has 0 radical (unpaired) electrons. The van der Waals surface area contributed by atoms with Gasteiger partial charge in [-0.25, -0.2) is 0 Å². The molecule has 0 saturated heterocycles. The Kier molecular flexibility index (Phi) is 3.35. The van der Waals surface area contributed by atoms with Crippen LogP contribution >= 0.6 is 12.6 Å². The highest BCUT2D eigenvalue weighted by atomic mass is 32.1. The fourth-order valence-electron chi connectivity index (χ4n) is 1.87. The van der Waals surface area contributed by atoms with Gasteiger partial charge in [0.05, 0.1) is 5.25 Å². The van der Waals surface area contributed by atoms with Gasteiger partial charge in [-0.05, 0) is 30.5 Å². The maximum Gasteiger partial charge on any atom is 0.0519 e. The van der Waals surface area contributed by atoms with Crippen LogP contribution in [0.3, 0.4) is 0 Å². The average molecular weight is 228 g/mol. The Morgan fingerprint density at radius 1 is 0.938 bits per heavy atom. The maximum absolute atomic E-state index is 4.73. The normalized spacial score (nSPS) is 12.4. The van der Waals surface area contributed by atoms with Crippen LogP contribution in [0.4, 0.5) is 0 Å². The van der Waals surface area contributed by atoms with Gasteiger partial charge in [0.15, 0.2) is 0 Å². The Hall–Kier alpha value is -1.21. The second-order valence-corrected chi connectivity index (χ2v) is 4.69. The third-order valence-electron chi connectivity index (χ3n) is 2.84. The smallest absolute Gasteiger partial charge is 0.0519 e. The largest absolute Gasteiger partial charge is 0.166 e. The monoisotopic (exact) mass is 228 g/mol. The summed E-state index contributed by atoms with van der Waals surface area (Å²) in [6, 6.07) is 16.9. The molecule has 0 heterocycles. The van der Waals surface area contributed by atoms with E-state index < -0.39 is 0 Å². The van der Waals surface area contributed by atoms with E-state index in [1.54, 1.807) is 0 Å². The number of hydrogen-bond acceptors (Lipinski definition) is 1. The summed E-state index contributed by atoms with van der Waals surface area (Å²) in [6.45, 7) is 4.26. The molecule has 0 N–H and O–H groups in total. The minimum atomic E-state index is 0.168. The Bertz CT molecular complexity index is 474. The molecule has 2 aromatic rings. The van der Waals surface area contributed by atoms with Gasteiger partial charge < -0.3 is 0 Å². The van der Waals surface area contributed by atoms with E-state index in [-0.39, 0.29) is 5.25 Å². The summed E-state index contributed by atoms with van der Waals surface area (Å²) in [6.07, 6.45) is 0. The molecule has 0 aliphatic heterocycles. The van der Waals surface area contributed by atoms with Gasteiger partial charge in [-0.1, -0.05) is 54.1 Å². The molecule has 0 saturated carbocycles. The molecule has 2 aromatic carbocycles. The van der Waals surface area contributed by atoms with Crippen molar-refractivity contribution in [2.75, 3.05) is 0 Å². The van der Waals surface area contributed by atoms with Crippen molar-refractivity contribution in [2.45, 2.75) is 19.1 Å². The SMILES string of the molecule is Cc1ccc(C)c(C(S)c2ccccc2)c1. The molecule has 1 unspecified atom stereocenters. The van der Waals surface area contributed by atoms with Crippen molar-refractivity contribution < 1.29 is 0 Å². The first-order valence-electron chi connectivity index (χ1n) is 5.48. The van der Waals surface area contributed by atoms with Gasteiger partial charge in [-0.15, -0.1) is 0 Å². The first-order valence-corrected chi connectivity index (χ1v) is 6.00. The van der Waals surface area contributed by atoms with Gasteiger partial charge in [0.2, 0.25) is 0 Å². The molecule has 0 aromatic heterocycles.